The van der Waals surface area contributed by atoms with Crippen LogP contribution < -0.4 is 10.6 Å². The highest BCUT2D eigenvalue weighted by Gasteiger charge is 2.55. The van der Waals surface area contributed by atoms with Gasteiger partial charge >= 0.3 is 19.1 Å². The predicted molar refractivity (Wildman–Crippen MR) is 125 cm³/mol. The van der Waals surface area contributed by atoms with Gasteiger partial charge in [-0.1, -0.05) is 37.0 Å². The van der Waals surface area contributed by atoms with Crippen molar-refractivity contribution < 1.29 is 43.1 Å². The standard InChI is InChI=1S/C21H25BCl2N2O9/c1-11(2)6-15(22-34-18(30)9-21(35-22,8-17(28)29)20(32)33-3)26-16(27)10-25-19(31)13-7-12(23)4-5-14(13)24/h4-5,7,11,15H,6,8-10H2,1-3H3,(H,25,31)(H,26,27)(H,28,29)/t15-,21?/m0/s1. The Balaban J connectivity index is 2.16. The van der Waals surface area contributed by atoms with Gasteiger partial charge in [0.2, 0.25) is 5.91 Å². The minimum atomic E-state index is -2.11. The Hall–Kier alpha value is -2.83. The number of amides is 2. The number of rotatable bonds is 10. The molecule has 1 aliphatic rings. The van der Waals surface area contributed by atoms with Crippen molar-refractivity contribution in [3.05, 3.63) is 33.8 Å². The van der Waals surface area contributed by atoms with Gasteiger partial charge in [-0.15, -0.1) is 0 Å². The molecule has 1 aromatic rings. The molecule has 1 heterocycles. The maximum atomic E-state index is 12.6. The molecule has 14 heteroatoms. The number of nitrogens with one attached hydrogen (secondary N) is 2. The number of methoxy groups -OCH3 is 1. The van der Waals surface area contributed by atoms with E-state index in [1.165, 1.54) is 18.2 Å². The average Bonchev–Trinajstić information content (AvgIpc) is 2.76. The molecule has 2 rings (SSSR count). The van der Waals surface area contributed by atoms with E-state index in [0.717, 1.165) is 7.11 Å². The minimum Gasteiger partial charge on any atom is -0.508 e. The molecule has 0 saturated carbocycles. The second kappa shape index (κ2) is 12.2. The Morgan fingerprint density at radius 2 is 1.94 bits per heavy atom. The summed E-state index contributed by atoms with van der Waals surface area (Å²) >= 11 is 11.9. The molecule has 35 heavy (non-hydrogen) atoms. The summed E-state index contributed by atoms with van der Waals surface area (Å²) in [5.41, 5.74) is -2.04. The topological polar surface area (TPSA) is 157 Å². The molecule has 2 atom stereocenters. The number of carboxylic acids is 1. The lowest BCUT2D eigenvalue weighted by Gasteiger charge is -2.38. The maximum absolute atomic E-state index is 12.6. The van der Waals surface area contributed by atoms with E-state index in [4.69, 9.17) is 32.5 Å². The normalized spacial score (nSPS) is 18.5. The zero-order valence-corrected chi connectivity index (χ0v) is 20.8. The number of benzene rings is 1. The Morgan fingerprint density at radius 3 is 2.54 bits per heavy atom. The number of ether oxygens (including phenoxy) is 1. The number of aliphatic carboxylic acids is 1. The van der Waals surface area contributed by atoms with Crippen LogP contribution in [0.5, 0.6) is 0 Å². The minimum absolute atomic E-state index is 0.0311. The number of hydrogen-bond donors (Lipinski definition) is 3. The van der Waals surface area contributed by atoms with Crippen LogP contribution in [0.2, 0.25) is 10.0 Å². The van der Waals surface area contributed by atoms with E-state index in [0.29, 0.717) is 0 Å². The van der Waals surface area contributed by atoms with Crippen molar-refractivity contribution in [2.75, 3.05) is 13.7 Å². The van der Waals surface area contributed by atoms with Crippen LogP contribution in [0, 0.1) is 5.92 Å². The molecule has 0 aliphatic carbocycles. The summed E-state index contributed by atoms with van der Waals surface area (Å²) in [4.78, 5) is 61.1. The van der Waals surface area contributed by atoms with Gasteiger partial charge in [0.15, 0.2) is 5.60 Å². The van der Waals surface area contributed by atoms with Crippen LogP contribution in [-0.4, -0.2) is 67.1 Å². The van der Waals surface area contributed by atoms with E-state index in [2.05, 4.69) is 15.4 Å². The first kappa shape index (κ1) is 28.4. The number of carbonyl (C=O) groups excluding carboxylic acids is 4. The van der Waals surface area contributed by atoms with Crippen molar-refractivity contribution in [3.63, 3.8) is 0 Å². The molecule has 1 fully saturated rings. The monoisotopic (exact) mass is 530 g/mol. The van der Waals surface area contributed by atoms with Crippen LogP contribution in [0.15, 0.2) is 18.2 Å². The van der Waals surface area contributed by atoms with E-state index >= 15 is 0 Å². The molecule has 1 saturated heterocycles. The summed E-state index contributed by atoms with van der Waals surface area (Å²) in [5.74, 6) is -5.63. The Labute approximate surface area is 211 Å². The van der Waals surface area contributed by atoms with Gasteiger partial charge in [-0.3, -0.25) is 19.2 Å². The molecule has 1 aromatic carbocycles. The fourth-order valence-corrected chi connectivity index (χ4v) is 3.89. The molecule has 1 aliphatic heterocycles. The van der Waals surface area contributed by atoms with Crippen LogP contribution >= 0.6 is 23.2 Å². The lowest BCUT2D eigenvalue weighted by atomic mass is 9.70. The van der Waals surface area contributed by atoms with E-state index in [-0.39, 0.29) is 27.9 Å². The van der Waals surface area contributed by atoms with Gasteiger partial charge in [0.05, 0.1) is 43.0 Å². The Kier molecular flexibility index (Phi) is 9.93. The summed E-state index contributed by atoms with van der Waals surface area (Å²) in [6, 6.07) is 4.30. The van der Waals surface area contributed by atoms with Crippen LogP contribution in [0.25, 0.3) is 0 Å². The number of carbonyl (C=O) groups is 5. The van der Waals surface area contributed by atoms with Crippen LogP contribution in [0.3, 0.4) is 0 Å². The van der Waals surface area contributed by atoms with Crippen molar-refractivity contribution in [2.45, 2.75) is 44.7 Å². The number of carboxylic acid groups (broad SMARTS) is 1. The highest BCUT2D eigenvalue weighted by atomic mass is 35.5. The van der Waals surface area contributed by atoms with Crippen LogP contribution in [0.1, 0.15) is 43.5 Å². The quantitative estimate of drug-likeness (QED) is 0.302. The first-order chi connectivity index (χ1) is 16.4. The van der Waals surface area contributed by atoms with Crippen molar-refractivity contribution >= 4 is 60.0 Å². The molecule has 190 valence electrons. The van der Waals surface area contributed by atoms with E-state index in [1.807, 2.05) is 13.8 Å². The molecule has 1 unspecified atom stereocenters. The second-order valence-corrected chi connectivity index (χ2v) is 9.16. The van der Waals surface area contributed by atoms with Gasteiger partial charge in [0.1, 0.15) is 0 Å². The van der Waals surface area contributed by atoms with Gasteiger partial charge < -0.3 is 29.8 Å². The van der Waals surface area contributed by atoms with E-state index in [9.17, 15) is 29.1 Å². The van der Waals surface area contributed by atoms with Crippen LogP contribution in [0.4, 0.5) is 0 Å². The molecule has 11 nitrogen and oxygen atoms in total. The highest BCUT2D eigenvalue weighted by molar-refractivity contribution is 6.50. The molecule has 0 spiro atoms. The highest BCUT2D eigenvalue weighted by Crippen LogP contribution is 2.31. The van der Waals surface area contributed by atoms with Crippen molar-refractivity contribution in [3.8, 4) is 0 Å². The third-order valence-electron chi connectivity index (χ3n) is 5.00. The summed E-state index contributed by atoms with van der Waals surface area (Å²) in [6.07, 6.45) is -1.27. The predicted octanol–water partition coefficient (Wildman–Crippen LogP) is 1.63. The second-order valence-electron chi connectivity index (χ2n) is 8.32. The number of hydrogen-bond acceptors (Lipinski definition) is 8. The SMILES string of the molecule is COC(=O)C1(CC(=O)O)CC(=O)OB([C@H](CC(C)C)NC(=O)CNC(=O)c2cc(Cl)ccc2Cl)O1. The molecule has 0 radical (unpaired) electrons. The fourth-order valence-electron chi connectivity index (χ4n) is 3.51. The van der Waals surface area contributed by atoms with Crippen molar-refractivity contribution in [1.82, 2.24) is 10.6 Å². The van der Waals surface area contributed by atoms with Gasteiger partial charge in [-0.25, -0.2) is 4.79 Å². The third-order valence-corrected chi connectivity index (χ3v) is 5.56. The average molecular weight is 531 g/mol. The van der Waals surface area contributed by atoms with Crippen molar-refractivity contribution in [1.29, 1.82) is 0 Å². The van der Waals surface area contributed by atoms with E-state index in [1.54, 1.807) is 0 Å². The molecule has 3 N–H and O–H groups in total. The van der Waals surface area contributed by atoms with Gasteiger partial charge in [0.25, 0.3) is 11.9 Å². The third kappa shape index (κ3) is 7.84. The van der Waals surface area contributed by atoms with Gasteiger partial charge in [-0.2, -0.15) is 0 Å². The zero-order chi connectivity index (χ0) is 26.3. The largest absolute Gasteiger partial charge is 0.552 e. The summed E-state index contributed by atoms with van der Waals surface area (Å²) in [7, 11) is -0.439. The number of esters is 1. The smallest absolute Gasteiger partial charge is 0.508 e. The molecular formula is C21H25BCl2N2O9. The fraction of sp³-hybridized carbons (Fsp3) is 0.476. The molecule has 2 amide bonds. The lowest BCUT2D eigenvalue weighted by molar-refractivity contribution is -0.177. The Morgan fingerprint density at radius 1 is 1.26 bits per heavy atom. The molecule has 0 bridgehead atoms. The summed E-state index contributed by atoms with van der Waals surface area (Å²) < 4.78 is 15.5. The summed E-state index contributed by atoms with van der Waals surface area (Å²) in [6.45, 7) is 3.20. The zero-order valence-electron chi connectivity index (χ0n) is 19.3. The van der Waals surface area contributed by atoms with Crippen LogP contribution in [-0.2, 0) is 33.2 Å². The first-order valence-corrected chi connectivity index (χ1v) is 11.3. The van der Waals surface area contributed by atoms with Gasteiger partial charge in [0, 0.05) is 5.02 Å². The van der Waals surface area contributed by atoms with Crippen molar-refractivity contribution in [2.24, 2.45) is 5.92 Å². The molecular weight excluding hydrogens is 506 g/mol. The first-order valence-electron chi connectivity index (χ1n) is 10.6. The molecule has 0 aromatic heterocycles. The number of halogens is 2. The lowest BCUT2D eigenvalue weighted by Crippen LogP contribution is -2.62. The Bertz CT molecular complexity index is 1000. The van der Waals surface area contributed by atoms with E-state index < -0.39 is 67.8 Å². The van der Waals surface area contributed by atoms with Gasteiger partial charge in [-0.05, 0) is 30.5 Å². The summed E-state index contributed by atoms with van der Waals surface area (Å²) in [5, 5.41) is 14.7. The maximum Gasteiger partial charge on any atom is 0.552 e.